The number of halogens is 3. The molecule has 0 aromatic carbocycles. The van der Waals surface area contributed by atoms with Crippen LogP contribution in [0.15, 0.2) is 18.3 Å². The molecule has 17 heavy (non-hydrogen) atoms. The van der Waals surface area contributed by atoms with E-state index in [1.807, 2.05) is 0 Å². The van der Waals surface area contributed by atoms with Crippen molar-refractivity contribution < 1.29 is 23.1 Å². The Bertz CT molecular complexity index is 407. The van der Waals surface area contributed by atoms with Crippen LogP contribution in [0.25, 0.3) is 0 Å². The number of pyridine rings is 1. The smallest absolute Gasteiger partial charge is 0.405 e. The zero-order valence-electron chi connectivity index (χ0n) is 9.03. The Balaban J connectivity index is 3.07. The number of aromatic carboxylic acids is 1. The van der Waals surface area contributed by atoms with Crippen LogP contribution in [0, 0.1) is 0 Å². The Labute approximate surface area is 95.7 Å². The summed E-state index contributed by atoms with van der Waals surface area (Å²) in [7, 11) is 0. The van der Waals surface area contributed by atoms with Crippen molar-refractivity contribution >= 4 is 11.7 Å². The van der Waals surface area contributed by atoms with Crippen LogP contribution in [0.4, 0.5) is 18.9 Å². The zero-order valence-corrected chi connectivity index (χ0v) is 9.03. The number of alkyl halides is 3. The lowest BCUT2D eigenvalue weighted by atomic mass is 10.2. The predicted molar refractivity (Wildman–Crippen MR) is 55.1 cm³/mol. The lowest BCUT2D eigenvalue weighted by Crippen LogP contribution is -2.35. The van der Waals surface area contributed by atoms with Crippen LogP contribution in [0.1, 0.15) is 17.4 Å². The molecule has 0 aliphatic rings. The summed E-state index contributed by atoms with van der Waals surface area (Å²) in [6.45, 7) is 0.366. The summed E-state index contributed by atoms with van der Waals surface area (Å²) < 4.78 is 36.9. The Morgan fingerprint density at radius 1 is 1.53 bits per heavy atom. The van der Waals surface area contributed by atoms with Gasteiger partial charge >= 0.3 is 12.1 Å². The van der Waals surface area contributed by atoms with Gasteiger partial charge in [0.15, 0.2) is 5.69 Å². The average Bonchev–Trinajstić information content (AvgIpc) is 2.24. The number of rotatable bonds is 4. The molecule has 0 aliphatic heterocycles. The van der Waals surface area contributed by atoms with Crippen LogP contribution in [0.3, 0.4) is 0 Å². The summed E-state index contributed by atoms with van der Waals surface area (Å²) in [5.41, 5.74) is -0.404. The summed E-state index contributed by atoms with van der Waals surface area (Å²) in [6, 6.07) is 2.71. The van der Waals surface area contributed by atoms with E-state index in [1.54, 1.807) is 0 Å². The van der Waals surface area contributed by atoms with E-state index in [9.17, 15) is 18.0 Å². The molecule has 0 unspecified atom stereocenters. The minimum atomic E-state index is -4.39. The summed E-state index contributed by atoms with van der Waals surface area (Å²) in [5, 5.41) is 8.84. The number of carbonyl (C=O) groups is 1. The highest BCUT2D eigenvalue weighted by Crippen LogP contribution is 2.23. The molecule has 4 nitrogen and oxygen atoms in total. The van der Waals surface area contributed by atoms with Gasteiger partial charge in [-0.2, -0.15) is 13.2 Å². The Morgan fingerprint density at radius 2 is 2.18 bits per heavy atom. The molecular formula is C10H11F3N2O2. The maximum Gasteiger partial charge on any atom is 0.405 e. The fourth-order valence-electron chi connectivity index (χ4n) is 1.40. The van der Waals surface area contributed by atoms with Gasteiger partial charge in [-0.05, 0) is 19.1 Å². The molecule has 0 spiro atoms. The molecule has 0 saturated carbocycles. The Hall–Kier alpha value is -1.79. The molecule has 1 aromatic rings. The summed E-state index contributed by atoms with van der Waals surface area (Å²) in [4.78, 5) is 15.3. The first-order valence-corrected chi connectivity index (χ1v) is 4.85. The van der Waals surface area contributed by atoms with E-state index in [4.69, 9.17) is 5.11 Å². The molecule has 0 saturated heterocycles. The standard InChI is InChI=1S/C10H11F3N2O2/c1-2-15(6-10(11,12)13)7-4-3-5-14-8(7)9(16)17/h3-5H,2,6H2,1H3,(H,16,17). The molecule has 0 aliphatic carbocycles. The van der Waals surface area contributed by atoms with Gasteiger partial charge in [-0.25, -0.2) is 9.78 Å². The van der Waals surface area contributed by atoms with Gasteiger partial charge in [0.05, 0.1) is 5.69 Å². The molecule has 0 fully saturated rings. The fraction of sp³-hybridized carbons (Fsp3) is 0.400. The molecule has 1 heterocycles. The third-order valence-electron chi connectivity index (χ3n) is 2.08. The van der Waals surface area contributed by atoms with Crippen LogP contribution in [0.2, 0.25) is 0 Å². The summed E-state index contributed by atoms with van der Waals surface area (Å²) in [6.07, 6.45) is -3.16. The van der Waals surface area contributed by atoms with Gasteiger partial charge in [0, 0.05) is 12.7 Å². The highest BCUT2D eigenvalue weighted by molar-refractivity contribution is 5.92. The second-order valence-electron chi connectivity index (χ2n) is 3.31. The molecular weight excluding hydrogens is 237 g/mol. The van der Waals surface area contributed by atoms with Gasteiger partial charge in [0.25, 0.3) is 0 Å². The highest BCUT2D eigenvalue weighted by Gasteiger charge is 2.31. The molecule has 0 atom stereocenters. The molecule has 1 rings (SSSR count). The molecule has 0 radical (unpaired) electrons. The summed E-state index contributed by atoms with van der Waals surface area (Å²) in [5.74, 6) is -1.35. The van der Waals surface area contributed by atoms with Crippen LogP contribution in [-0.2, 0) is 0 Å². The number of anilines is 1. The minimum Gasteiger partial charge on any atom is -0.476 e. The normalized spacial score (nSPS) is 11.3. The average molecular weight is 248 g/mol. The fourth-order valence-corrected chi connectivity index (χ4v) is 1.40. The van der Waals surface area contributed by atoms with Gasteiger partial charge in [0.2, 0.25) is 0 Å². The monoisotopic (exact) mass is 248 g/mol. The molecule has 0 amide bonds. The van der Waals surface area contributed by atoms with Crippen LogP contribution < -0.4 is 4.90 Å². The first-order valence-electron chi connectivity index (χ1n) is 4.85. The minimum absolute atomic E-state index is 0.0279. The maximum atomic E-state index is 12.3. The van der Waals surface area contributed by atoms with Crippen molar-refractivity contribution in [3.8, 4) is 0 Å². The van der Waals surface area contributed by atoms with E-state index >= 15 is 0 Å². The van der Waals surface area contributed by atoms with Gasteiger partial charge in [0.1, 0.15) is 6.54 Å². The van der Waals surface area contributed by atoms with Crippen LogP contribution in [0.5, 0.6) is 0 Å². The zero-order chi connectivity index (χ0) is 13.1. The van der Waals surface area contributed by atoms with E-state index in [0.717, 1.165) is 4.90 Å². The van der Waals surface area contributed by atoms with Crippen molar-refractivity contribution in [2.24, 2.45) is 0 Å². The van der Waals surface area contributed by atoms with Crippen molar-refractivity contribution in [1.29, 1.82) is 0 Å². The van der Waals surface area contributed by atoms with Crippen molar-refractivity contribution in [3.63, 3.8) is 0 Å². The number of hydrogen-bond acceptors (Lipinski definition) is 3. The van der Waals surface area contributed by atoms with E-state index < -0.39 is 18.7 Å². The molecule has 7 heteroatoms. The number of aromatic nitrogens is 1. The van der Waals surface area contributed by atoms with E-state index in [0.29, 0.717) is 0 Å². The first-order chi connectivity index (χ1) is 7.85. The van der Waals surface area contributed by atoms with Crippen molar-refractivity contribution in [2.75, 3.05) is 18.0 Å². The molecule has 94 valence electrons. The van der Waals surface area contributed by atoms with Gasteiger partial charge in [-0.3, -0.25) is 0 Å². The third kappa shape index (κ3) is 3.61. The van der Waals surface area contributed by atoms with Gasteiger partial charge in [-0.15, -0.1) is 0 Å². The summed E-state index contributed by atoms with van der Waals surface area (Å²) >= 11 is 0. The Kier molecular flexibility index (Phi) is 3.93. The Morgan fingerprint density at radius 3 is 2.65 bits per heavy atom. The topological polar surface area (TPSA) is 53.4 Å². The van der Waals surface area contributed by atoms with Gasteiger partial charge in [-0.1, -0.05) is 0 Å². The lowest BCUT2D eigenvalue weighted by molar-refractivity contribution is -0.119. The highest BCUT2D eigenvalue weighted by atomic mass is 19.4. The number of hydrogen-bond donors (Lipinski definition) is 1. The quantitative estimate of drug-likeness (QED) is 0.887. The van der Waals surface area contributed by atoms with E-state index in [2.05, 4.69) is 4.98 Å². The van der Waals surface area contributed by atoms with E-state index in [-0.39, 0.29) is 17.9 Å². The van der Waals surface area contributed by atoms with Crippen molar-refractivity contribution in [2.45, 2.75) is 13.1 Å². The SMILES string of the molecule is CCN(CC(F)(F)F)c1cccnc1C(=O)O. The number of carboxylic acids is 1. The van der Waals surface area contributed by atoms with Gasteiger partial charge < -0.3 is 10.0 Å². The lowest BCUT2D eigenvalue weighted by Gasteiger charge is -2.25. The second-order valence-corrected chi connectivity index (χ2v) is 3.31. The third-order valence-corrected chi connectivity index (χ3v) is 2.08. The molecule has 0 bridgehead atoms. The molecule has 1 aromatic heterocycles. The maximum absolute atomic E-state index is 12.3. The van der Waals surface area contributed by atoms with Crippen LogP contribution >= 0.6 is 0 Å². The predicted octanol–water partition coefficient (Wildman–Crippen LogP) is 2.17. The first kappa shape index (κ1) is 13.3. The largest absolute Gasteiger partial charge is 0.476 e. The molecule has 1 N–H and O–H groups in total. The van der Waals surface area contributed by atoms with E-state index in [1.165, 1.54) is 25.3 Å². The second kappa shape index (κ2) is 5.03. The number of nitrogens with zero attached hydrogens (tertiary/aromatic N) is 2. The van der Waals surface area contributed by atoms with Crippen LogP contribution in [-0.4, -0.2) is 35.3 Å². The van der Waals surface area contributed by atoms with Crippen molar-refractivity contribution in [3.05, 3.63) is 24.0 Å². The van der Waals surface area contributed by atoms with Crippen molar-refractivity contribution in [1.82, 2.24) is 4.98 Å². The number of carboxylic acid groups (broad SMARTS) is 1.